The average molecular weight is 359 g/mol. The van der Waals surface area contributed by atoms with Gasteiger partial charge in [0.15, 0.2) is 0 Å². The number of hydrogen-bond donors (Lipinski definition) is 0. The normalized spacial score (nSPS) is 11.7. The fourth-order valence-electron chi connectivity index (χ4n) is 3.10. The maximum Gasteiger partial charge on any atom is 0.123 e. The van der Waals surface area contributed by atoms with Gasteiger partial charge in [-0.05, 0) is 41.2 Å². The molecule has 138 valence electrons. The average Bonchev–Trinajstić information content (AvgIpc) is 2.67. The maximum absolute atomic E-state index is 13.5. The van der Waals surface area contributed by atoms with Crippen molar-refractivity contribution in [3.63, 3.8) is 0 Å². The number of pyridine rings is 1. The standard InChI is InChI=1S/C25H26FN/c1-17(2)10-15-22-23(19-11-13-21(26)14-12-19)16-24(27-25(22)18(3)4)20-8-6-5-7-9-20/h5-18H,1-4H3/b15-10+. The molecule has 0 fully saturated rings. The molecule has 0 aliphatic rings. The molecule has 0 saturated carbocycles. The number of rotatable bonds is 5. The lowest BCUT2D eigenvalue weighted by Gasteiger charge is -2.17. The van der Waals surface area contributed by atoms with Gasteiger partial charge in [0, 0.05) is 11.1 Å². The summed E-state index contributed by atoms with van der Waals surface area (Å²) in [5.74, 6) is 0.499. The molecule has 1 nitrogen and oxygen atoms in total. The second kappa shape index (κ2) is 8.30. The van der Waals surface area contributed by atoms with Crippen molar-refractivity contribution in [1.29, 1.82) is 0 Å². The van der Waals surface area contributed by atoms with Crippen LogP contribution in [0.25, 0.3) is 28.5 Å². The van der Waals surface area contributed by atoms with Crippen molar-refractivity contribution in [2.24, 2.45) is 5.92 Å². The van der Waals surface area contributed by atoms with Crippen LogP contribution in [0.5, 0.6) is 0 Å². The van der Waals surface area contributed by atoms with Gasteiger partial charge in [-0.2, -0.15) is 0 Å². The number of halogens is 1. The highest BCUT2D eigenvalue weighted by atomic mass is 19.1. The highest BCUT2D eigenvalue weighted by Gasteiger charge is 2.16. The van der Waals surface area contributed by atoms with Crippen molar-refractivity contribution >= 4 is 6.08 Å². The van der Waals surface area contributed by atoms with E-state index in [9.17, 15) is 4.39 Å². The van der Waals surface area contributed by atoms with E-state index in [-0.39, 0.29) is 11.7 Å². The third-order valence-corrected chi connectivity index (χ3v) is 4.51. The molecule has 0 amide bonds. The van der Waals surface area contributed by atoms with E-state index in [1.54, 1.807) is 0 Å². The molecule has 1 heterocycles. The molecule has 0 atom stereocenters. The first-order valence-electron chi connectivity index (χ1n) is 9.50. The van der Waals surface area contributed by atoms with Gasteiger partial charge in [-0.25, -0.2) is 4.39 Å². The smallest absolute Gasteiger partial charge is 0.123 e. The summed E-state index contributed by atoms with van der Waals surface area (Å²) in [6.07, 6.45) is 4.36. The minimum absolute atomic E-state index is 0.223. The zero-order valence-corrected chi connectivity index (χ0v) is 16.4. The van der Waals surface area contributed by atoms with E-state index in [0.29, 0.717) is 5.92 Å². The number of nitrogens with zero attached hydrogens (tertiary/aromatic N) is 1. The van der Waals surface area contributed by atoms with Crippen molar-refractivity contribution in [3.8, 4) is 22.4 Å². The fraction of sp³-hybridized carbons (Fsp3) is 0.240. The summed E-state index contributed by atoms with van der Waals surface area (Å²) >= 11 is 0. The van der Waals surface area contributed by atoms with Gasteiger partial charge in [0.25, 0.3) is 0 Å². The van der Waals surface area contributed by atoms with Gasteiger partial charge < -0.3 is 0 Å². The third kappa shape index (κ3) is 4.51. The van der Waals surface area contributed by atoms with Crippen LogP contribution in [0.3, 0.4) is 0 Å². The fourth-order valence-corrected chi connectivity index (χ4v) is 3.10. The molecule has 0 radical (unpaired) electrons. The zero-order valence-electron chi connectivity index (χ0n) is 16.4. The highest BCUT2D eigenvalue weighted by Crippen LogP contribution is 2.34. The van der Waals surface area contributed by atoms with Crippen LogP contribution in [0, 0.1) is 11.7 Å². The van der Waals surface area contributed by atoms with Gasteiger partial charge in [-0.15, -0.1) is 0 Å². The molecular formula is C25H26FN. The van der Waals surface area contributed by atoms with Crippen LogP contribution in [0.1, 0.15) is 44.9 Å². The summed E-state index contributed by atoms with van der Waals surface area (Å²) in [7, 11) is 0. The van der Waals surface area contributed by atoms with Gasteiger partial charge in [0.2, 0.25) is 0 Å². The monoisotopic (exact) mass is 359 g/mol. The lowest BCUT2D eigenvalue weighted by atomic mass is 9.91. The van der Waals surface area contributed by atoms with Crippen molar-refractivity contribution in [1.82, 2.24) is 4.98 Å². The van der Waals surface area contributed by atoms with E-state index in [0.717, 1.165) is 33.6 Å². The predicted octanol–water partition coefficient (Wildman–Crippen LogP) is 7.35. The predicted molar refractivity (Wildman–Crippen MR) is 113 cm³/mol. The van der Waals surface area contributed by atoms with Gasteiger partial charge in [0.05, 0.1) is 11.4 Å². The molecular weight excluding hydrogens is 333 g/mol. The first-order chi connectivity index (χ1) is 13.0. The Labute approximate surface area is 161 Å². The molecule has 3 rings (SSSR count). The summed E-state index contributed by atoms with van der Waals surface area (Å²) in [6, 6.07) is 19.0. The van der Waals surface area contributed by atoms with Crippen molar-refractivity contribution in [2.75, 3.05) is 0 Å². The second-order valence-corrected chi connectivity index (χ2v) is 7.48. The summed E-state index contributed by atoms with van der Waals surface area (Å²) in [5.41, 5.74) is 6.30. The van der Waals surface area contributed by atoms with E-state index in [1.165, 1.54) is 12.1 Å². The Kier molecular flexibility index (Phi) is 5.85. The van der Waals surface area contributed by atoms with Crippen molar-refractivity contribution in [2.45, 2.75) is 33.6 Å². The Balaban J connectivity index is 2.28. The van der Waals surface area contributed by atoms with E-state index in [4.69, 9.17) is 4.98 Å². The Bertz CT molecular complexity index is 923. The molecule has 0 aliphatic carbocycles. The molecule has 0 N–H and O–H groups in total. The van der Waals surface area contributed by atoms with E-state index < -0.39 is 0 Å². The number of allylic oxidation sites excluding steroid dienone is 1. The second-order valence-electron chi connectivity index (χ2n) is 7.48. The van der Waals surface area contributed by atoms with Crippen LogP contribution in [-0.2, 0) is 0 Å². The van der Waals surface area contributed by atoms with Crippen LogP contribution in [-0.4, -0.2) is 4.98 Å². The number of aromatic nitrogens is 1. The summed E-state index contributed by atoms with van der Waals surface area (Å²) < 4.78 is 13.5. The van der Waals surface area contributed by atoms with Gasteiger partial charge in [-0.3, -0.25) is 4.98 Å². The molecule has 0 saturated heterocycles. The molecule has 0 bridgehead atoms. The molecule has 0 aliphatic heterocycles. The van der Waals surface area contributed by atoms with Gasteiger partial charge >= 0.3 is 0 Å². The number of benzene rings is 2. The van der Waals surface area contributed by atoms with Crippen LogP contribution >= 0.6 is 0 Å². The molecule has 0 spiro atoms. The van der Waals surface area contributed by atoms with Crippen molar-refractivity contribution in [3.05, 3.63) is 83.8 Å². The van der Waals surface area contributed by atoms with Crippen LogP contribution in [0.4, 0.5) is 4.39 Å². The largest absolute Gasteiger partial charge is 0.252 e. The Morgan fingerprint density at radius 3 is 2.11 bits per heavy atom. The van der Waals surface area contributed by atoms with E-state index in [2.05, 4.69) is 58.0 Å². The molecule has 1 aromatic heterocycles. The first-order valence-corrected chi connectivity index (χ1v) is 9.50. The lowest BCUT2D eigenvalue weighted by Crippen LogP contribution is -2.02. The Morgan fingerprint density at radius 2 is 1.52 bits per heavy atom. The highest BCUT2D eigenvalue weighted by molar-refractivity contribution is 5.80. The molecule has 3 aromatic rings. The minimum atomic E-state index is -0.223. The SMILES string of the molecule is CC(C)/C=C/c1c(-c2ccc(F)cc2)cc(-c2ccccc2)nc1C(C)C. The lowest BCUT2D eigenvalue weighted by molar-refractivity contribution is 0.628. The maximum atomic E-state index is 13.5. The quantitative estimate of drug-likeness (QED) is 0.464. The van der Waals surface area contributed by atoms with E-state index >= 15 is 0 Å². The molecule has 27 heavy (non-hydrogen) atoms. The minimum Gasteiger partial charge on any atom is -0.252 e. The first kappa shape index (κ1) is 19.0. The Hall–Kier alpha value is -2.74. The Morgan fingerprint density at radius 1 is 0.852 bits per heavy atom. The van der Waals surface area contributed by atoms with Gasteiger partial charge in [0.1, 0.15) is 5.82 Å². The molecule has 2 aromatic carbocycles. The summed E-state index contributed by atoms with van der Waals surface area (Å²) in [4.78, 5) is 5.00. The summed E-state index contributed by atoms with van der Waals surface area (Å²) in [5, 5.41) is 0. The van der Waals surface area contributed by atoms with Crippen LogP contribution < -0.4 is 0 Å². The van der Waals surface area contributed by atoms with Crippen LogP contribution in [0.15, 0.2) is 66.7 Å². The zero-order chi connectivity index (χ0) is 19.4. The molecule has 2 heteroatoms. The van der Waals surface area contributed by atoms with Crippen LogP contribution in [0.2, 0.25) is 0 Å². The molecule has 0 unspecified atom stereocenters. The third-order valence-electron chi connectivity index (χ3n) is 4.51. The van der Waals surface area contributed by atoms with E-state index in [1.807, 2.05) is 30.3 Å². The number of hydrogen-bond acceptors (Lipinski definition) is 1. The van der Waals surface area contributed by atoms with Gasteiger partial charge in [-0.1, -0.05) is 82.3 Å². The van der Waals surface area contributed by atoms with Crippen molar-refractivity contribution < 1.29 is 4.39 Å². The summed E-state index contributed by atoms with van der Waals surface area (Å²) in [6.45, 7) is 8.65. The topological polar surface area (TPSA) is 12.9 Å².